The molecule has 2 aliphatic rings. The second-order valence-corrected chi connectivity index (χ2v) is 8.87. The summed E-state index contributed by atoms with van der Waals surface area (Å²) in [5.74, 6) is -0.939. The molecule has 0 aromatic heterocycles. The van der Waals surface area contributed by atoms with Crippen molar-refractivity contribution in [2.45, 2.75) is 13.0 Å². The molecule has 2 aromatic rings. The Hall–Kier alpha value is -3.03. The van der Waals surface area contributed by atoms with Crippen molar-refractivity contribution in [3.63, 3.8) is 0 Å². The number of piperazine rings is 1. The van der Waals surface area contributed by atoms with Crippen LogP contribution in [0.4, 0.5) is 4.39 Å². The van der Waals surface area contributed by atoms with Crippen LogP contribution in [0.25, 0.3) is 16.3 Å². The number of phenols is 1. The number of hydrogen-bond donors (Lipinski definition) is 3. The van der Waals surface area contributed by atoms with E-state index in [9.17, 15) is 9.90 Å². The number of hydrogen-bond acceptors (Lipinski definition) is 5. The third-order valence-corrected chi connectivity index (χ3v) is 6.78. The zero-order valence-electron chi connectivity index (χ0n) is 18.0. The van der Waals surface area contributed by atoms with Crippen molar-refractivity contribution in [2.75, 3.05) is 19.6 Å². The van der Waals surface area contributed by atoms with Crippen molar-refractivity contribution in [1.29, 1.82) is 5.41 Å². The number of carbonyl (C=O) groups excluding carboxylic acids is 1. The van der Waals surface area contributed by atoms with Gasteiger partial charge in [0.25, 0.3) is 0 Å². The average molecular weight is 484 g/mol. The van der Waals surface area contributed by atoms with E-state index in [0.29, 0.717) is 30.2 Å². The molecule has 33 heavy (non-hydrogen) atoms. The Kier molecular flexibility index (Phi) is 6.36. The number of nitrogens with zero attached hydrogens (tertiary/aromatic N) is 2. The third kappa shape index (κ3) is 4.18. The van der Waals surface area contributed by atoms with E-state index in [1.807, 2.05) is 36.1 Å². The molecule has 0 unspecified atom stereocenters. The molecular weight excluding hydrogens is 461 g/mol. The monoisotopic (exact) mass is 483 g/mol. The van der Waals surface area contributed by atoms with Gasteiger partial charge in [0.05, 0.1) is 10.1 Å². The summed E-state index contributed by atoms with van der Waals surface area (Å²) < 4.78 is 15.6. The van der Waals surface area contributed by atoms with E-state index in [1.165, 1.54) is 18.2 Å². The minimum atomic E-state index is -0.784. The topological polar surface area (TPSA) is 67.6 Å². The summed E-state index contributed by atoms with van der Waals surface area (Å²) in [7, 11) is 0. The Balaban J connectivity index is 1.72. The number of amides is 1. The average Bonchev–Trinajstić information content (AvgIpc) is 2.80. The van der Waals surface area contributed by atoms with Crippen LogP contribution in [0.5, 0.6) is 5.75 Å². The molecule has 0 bridgehead atoms. The SMILES string of the molecule is C=CC(=O)N1CCN(/C(S)=C2\C=C(Cl)C(c3cc(O)cc4ccccc34)=C(F)C2=N)C[C@@H]1C. The van der Waals surface area contributed by atoms with Crippen LogP contribution in [0.1, 0.15) is 12.5 Å². The zero-order chi connectivity index (χ0) is 23.9. The smallest absolute Gasteiger partial charge is 0.246 e. The molecule has 0 radical (unpaired) electrons. The molecule has 1 atom stereocenters. The minimum absolute atomic E-state index is 0.0165. The highest BCUT2D eigenvalue weighted by atomic mass is 35.5. The first-order valence-corrected chi connectivity index (χ1v) is 11.3. The van der Waals surface area contributed by atoms with Gasteiger partial charge in [-0.15, -0.1) is 12.6 Å². The number of phenolic OH excluding ortho intramolecular Hbond substituents is 1. The highest BCUT2D eigenvalue weighted by Crippen LogP contribution is 2.42. The fourth-order valence-electron chi connectivity index (χ4n) is 4.31. The standard InChI is InChI=1S/C25H23ClFN3O2S/c1-3-21(32)30-9-8-29(13-14(30)2)25(33)19-12-20(26)22(23(27)24(19)28)18-11-16(31)10-15-6-4-5-7-17(15)18/h3-7,10-12,14,28,31,33H,1,8-9,13H2,2H3/b25-19-,28-24?/t14-/m0/s1. The number of aromatic hydroxyl groups is 1. The molecule has 1 aliphatic heterocycles. The highest BCUT2D eigenvalue weighted by molar-refractivity contribution is 7.84. The van der Waals surface area contributed by atoms with Crippen LogP contribution in [0.3, 0.4) is 0 Å². The summed E-state index contributed by atoms with van der Waals surface area (Å²) >= 11 is 11.2. The van der Waals surface area contributed by atoms with Gasteiger partial charge < -0.3 is 14.9 Å². The molecule has 0 spiro atoms. The highest BCUT2D eigenvalue weighted by Gasteiger charge is 2.31. The van der Waals surface area contributed by atoms with Crippen molar-refractivity contribution in [1.82, 2.24) is 9.80 Å². The van der Waals surface area contributed by atoms with Crippen molar-refractivity contribution in [2.24, 2.45) is 0 Å². The number of carbonyl (C=O) groups is 1. The maximum atomic E-state index is 15.6. The number of rotatable bonds is 3. The van der Waals surface area contributed by atoms with E-state index in [0.717, 1.165) is 10.8 Å². The minimum Gasteiger partial charge on any atom is -0.508 e. The summed E-state index contributed by atoms with van der Waals surface area (Å²) in [5, 5.41) is 20.7. The first-order chi connectivity index (χ1) is 15.7. The summed E-state index contributed by atoms with van der Waals surface area (Å²) in [4.78, 5) is 15.6. The molecular formula is C25H23ClFN3O2S. The van der Waals surface area contributed by atoms with Crippen LogP contribution in [0.2, 0.25) is 0 Å². The molecule has 5 nitrogen and oxygen atoms in total. The maximum Gasteiger partial charge on any atom is 0.246 e. The summed E-state index contributed by atoms with van der Waals surface area (Å²) in [6.07, 6.45) is 2.83. The van der Waals surface area contributed by atoms with Gasteiger partial charge in [0.15, 0.2) is 5.83 Å². The number of halogens is 2. The molecule has 2 aromatic carbocycles. The predicted octanol–water partition coefficient (Wildman–Crippen LogP) is 5.24. The molecule has 4 rings (SSSR count). The van der Waals surface area contributed by atoms with Crippen molar-refractivity contribution in [3.05, 3.63) is 82.2 Å². The molecule has 1 aliphatic carbocycles. The Labute approximate surface area is 202 Å². The van der Waals surface area contributed by atoms with E-state index in [1.54, 1.807) is 11.0 Å². The maximum absolute atomic E-state index is 15.6. The van der Waals surface area contributed by atoms with Crippen molar-refractivity contribution < 1.29 is 14.3 Å². The van der Waals surface area contributed by atoms with Gasteiger partial charge in [-0.3, -0.25) is 10.2 Å². The number of benzene rings is 2. The Bertz CT molecular complexity index is 1280. The van der Waals surface area contributed by atoms with Gasteiger partial charge in [0.1, 0.15) is 11.5 Å². The fraction of sp³-hybridized carbons (Fsp3) is 0.200. The van der Waals surface area contributed by atoms with E-state index in [4.69, 9.17) is 17.0 Å². The van der Waals surface area contributed by atoms with Crippen molar-refractivity contribution >= 4 is 52.2 Å². The second kappa shape index (κ2) is 9.08. The lowest BCUT2D eigenvalue weighted by atomic mass is 9.90. The second-order valence-electron chi connectivity index (χ2n) is 8.04. The number of nitrogens with one attached hydrogen (secondary N) is 1. The van der Waals surface area contributed by atoms with Crippen LogP contribution in [0.15, 0.2) is 76.6 Å². The molecule has 1 fully saturated rings. The van der Waals surface area contributed by atoms with Gasteiger partial charge in [-0.2, -0.15) is 0 Å². The van der Waals surface area contributed by atoms with Gasteiger partial charge >= 0.3 is 0 Å². The first-order valence-electron chi connectivity index (χ1n) is 10.4. The van der Waals surface area contributed by atoms with Gasteiger partial charge in [-0.05, 0) is 47.5 Å². The largest absolute Gasteiger partial charge is 0.508 e. The Morgan fingerprint density at radius 3 is 2.76 bits per heavy atom. The van der Waals surface area contributed by atoms with Crippen molar-refractivity contribution in [3.8, 4) is 5.75 Å². The molecule has 1 heterocycles. The van der Waals surface area contributed by atoms with Crippen LogP contribution in [-0.2, 0) is 4.79 Å². The number of allylic oxidation sites excluding steroid dienone is 5. The summed E-state index contributed by atoms with van der Waals surface area (Å²) in [6.45, 7) is 6.89. The normalized spacial score (nSPS) is 20.8. The van der Waals surface area contributed by atoms with Crippen LogP contribution < -0.4 is 0 Å². The molecule has 8 heteroatoms. The molecule has 170 valence electrons. The quantitative estimate of drug-likeness (QED) is 0.413. The lowest BCUT2D eigenvalue weighted by molar-refractivity contribution is -0.129. The fourth-order valence-corrected chi connectivity index (χ4v) is 4.96. The predicted molar refractivity (Wildman–Crippen MR) is 134 cm³/mol. The third-order valence-electron chi connectivity index (χ3n) is 5.96. The van der Waals surface area contributed by atoms with Crippen LogP contribution >= 0.6 is 24.2 Å². The van der Waals surface area contributed by atoms with E-state index < -0.39 is 5.83 Å². The molecule has 1 amide bonds. The zero-order valence-corrected chi connectivity index (χ0v) is 19.6. The number of fused-ring (bicyclic) bond motifs is 1. The Morgan fingerprint density at radius 1 is 1.33 bits per heavy atom. The Morgan fingerprint density at radius 2 is 2.06 bits per heavy atom. The van der Waals surface area contributed by atoms with Crippen LogP contribution in [-0.4, -0.2) is 52.2 Å². The lowest BCUT2D eigenvalue weighted by Crippen LogP contribution is -2.53. The summed E-state index contributed by atoms with van der Waals surface area (Å²) in [5.41, 5.74) is 0.418. The first kappa shape index (κ1) is 23.1. The van der Waals surface area contributed by atoms with E-state index in [-0.39, 0.29) is 39.6 Å². The van der Waals surface area contributed by atoms with Gasteiger partial charge in [-0.25, -0.2) is 4.39 Å². The number of thiol groups is 1. The lowest BCUT2D eigenvalue weighted by Gasteiger charge is -2.41. The molecule has 1 saturated heterocycles. The van der Waals surface area contributed by atoms with E-state index >= 15 is 4.39 Å². The molecule has 0 saturated carbocycles. The van der Waals surface area contributed by atoms with Crippen LogP contribution in [0, 0.1) is 5.41 Å². The van der Waals surface area contributed by atoms with Gasteiger partial charge in [0, 0.05) is 36.8 Å². The van der Waals surface area contributed by atoms with E-state index in [2.05, 4.69) is 19.2 Å². The van der Waals surface area contributed by atoms with Gasteiger partial charge in [0.2, 0.25) is 5.91 Å². The molecule has 2 N–H and O–H groups in total. The van der Waals surface area contributed by atoms with Gasteiger partial charge in [-0.1, -0.05) is 42.4 Å². The summed E-state index contributed by atoms with van der Waals surface area (Å²) in [6, 6.07) is 10.2.